The minimum Gasteiger partial charge on any atom is -0.456 e. The Balaban J connectivity index is 0.977. The van der Waals surface area contributed by atoms with Crippen LogP contribution in [0.2, 0.25) is 0 Å². The van der Waals surface area contributed by atoms with Gasteiger partial charge in [0.2, 0.25) is 0 Å². The van der Waals surface area contributed by atoms with Crippen molar-refractivity contribution in [3.63, 3.8) is 0 Å². The summed E-state index contributed by atoms with van der Waals surface area (Å²) in [5, 5.41) is 8.12. The van der Waals surface area contributed by atoms with Crippen molar-refractivity contribution in [3.05, 3.63) is 188 Å². The Kier molecular flexibility index (Phi) is 7.37. The zero-order valence-electron chi connectivity index (χ0n) is 31.1. The van der Waals surface area contributed by atoms with Crippen LogP contribution in [-0.4, -0.2) is 15.0 Å². The largest absolute Gasteiger partial charge is 0.456 e. The molecule has 0 spiro atoms. The molecule has 0 aliphatic heterocycles. The summed E-state index contributed by atoms with van der Waals surface area (Å²) in [5.41, 5.74) is 11.8. The molecule has 58 heavy (non-hydrogen) atoms. The zero-order chi connectivity index (χ0) is 38.2. The first-order valence-electron chi connectivity index (χ1n) is 19.4. The number of para-hydroxylation sites is 1. The second kappa shape index (κ2) is 13.1. The Bertz CT molecular complexity index is 3550. The van der Waals surface area contributed by atoms with E-state index in [1.54, 1.807) is 0 Å². The second-order valence-electron chi connectivity index (χ2n) is 14.7. The molecule has 4 aromatic heterocycles. The standard InChI is InChI=1S/C53H31N3OS/c1-3-11-33(12-4-1)44-31-45(56-53(55-44)37-23-25-39-38-15-8-10-18-48(38)58-49(39)30-37)34-21-19-32(20-22-34)36-24-27-46-42(29-36)51-47(57-46)28-26-41-50(51)40-16-7-9-17-43(40)54-52(41)35-13-5-2-6-14-35/h1-31H. The lowest BCUT2D eigenvalue weighted by molar-refractivity contribution is 0.669. The minimum absolute atomic E-state index is 0.711. The summed E-state index contributed by atoms with van der Waals surface area (Å²) in [4.78, 5) is 15.5. The molecule has 0 amide bonds. The van der Waals surface area contributed by atoms with Gasteiger partial charge < -0.3 is 4.42 Å². The maximum Gasteiger partial charge on any atom is 0.160 e. The highest BCUT2D eigenvalue weighted by molar-refractivity contribution is 7.25. The lowest BCUT2D eigenvalue weighted by Gasteiger charge is -2.11. The lowest BCUT2D eigenvalue weighted by atomic mass is 9.95. The van der Waals surface area contributed by atoms with Gasteiger partial charge in [-0.1, -0.05) is 140 Å². The van der Waals surface area contributed by atoms with E-state index in [9.17, 15) is 0 Å². The van der Waals surface area contributed by atoms with Crippen LogP contribution in [0.1, 0.15) is 0 Å². The Hall–Kier alpha value is -7.47. The molecule has 0 saturated heterocycles. The van der Waals surface area contributed by atoms with E-state index in [-0.39, 0.29) is 0 Å². The number of furan rings is 1. The Morgan fingerprint density at radius 3 is 1.76 bits per heavy atom. The van der Waals surface area contributed by atoms with E-state index in [2.05, 4.69) is 176 Å². The second-order valence-corrected chi connectivity index (χ2v) is 15.8. The lowest BCUT2D eigenvalue weighted by Crippen LogP contribution is -1.96. The minimum atomic E-state index is 0.711. The predicted octanol–water partition coefficient (Wildman–Crippen LogP) is 14.8. The SMILES string of the molecule is c1ccc(-c2cc(-c3ccc(-c4ccc5oc6ccc7c(-c8ccccc8)nc8ccccc8c7c6c5c4)cc3)nc(-c3ccc4c(c3)sc3ccccc34)n2)cc1. The van der Waals surface area contributed by atoms with Gasteiger partial charge in [0.1, 0.15) is 11.2 Å². The van der Waals surface area contributed by atoms with E-state index >= 15 is 0 Å². The van der Waals surface area contributed by atoms with E-state index in [0.717, 1.165) is 94.1 Å². The fraction of sp³-hybridized carbons (Fsp3) is 0. The van der Waals surface area contributed by atoms with E-state index in [0.29, 0.717) is 5.82 Å². The molecule has 0 aliphatic rings. The number of hydrogen-bond donors (Lipinski definition) is 0. The smallest absolute Gasteiger partial charge is 0.160 e. The van der Waals surface area contributed by atoms with Crippen LogP contribution in [0.4, 0.5) is 0 Å². The fourth-order valence-corrected chi connectivity index (χ4v) is 9.63. The number of thiophene rings is 1. The van der Waals surface area contributed by atoms with E-state index in [1.165, 1.54) is 20.2 Å². The van der Waals surface area contributed by atoms with Gasteiger partial charge in [-0.15, -0.1) is 11.3 Å². The molecule has 8 aromatic carbocycles. The summed E-state index contributed by atoms with van der Waals surface area (Å²) in [6.07, 6.45) is 0. The van der Waals surface area contributed by atoms with E-state index in [4.69, 9.17) is 19.4 Å². The first kappa shape index (κ1) is 32.7. The number of pyridine rings is 1. The van der Waals surface area contributed by atoms with Crippen LogP contribution in [0.5, 0.6) is 0 Å². The van der Waals surface area contributed by atoms with Crippen LogP contribution in [-0.2, 0) is 0 Å². The van der Waals surface area contributed by atoms with Gasteiger partial charge in [0.25, 0.3) is 0 Å². The maximum absolute atomic E-state index is 6.52. The number of benzene rings is 8. The van der Waals surface area contributed by atoms with Crippen molar-refractivity contribution in [2.24, 2.45) is 0 Å². The van der Waals surface area contributed by atoms with Crippen molar-refractivity contribution in [1.82, 2.24) is 15.0 Å². The Labute approximate surface area is 337 Å². The molecule has 5 heteroatoms. The molecule has 0 fully saturated rings. The average Bonchev–Trinajstić information content (AvgIpc) is 3.87. The summed E-state index contributed by atoms with van der Waals surface area (Å²) < 4.78 is 9.04. The molecular weight excluding hydrogens is 727 g/mol. The third-order valence-electron chi connectivity index (χ3n) is 11.3. The maximum atomic E-state index is 6.52. The first-order valence-corrected chi connectivity index (χ1v) is 20.2. The number of aromatic nitrogens is 3. The number of rotatable bonds is 5. The van der Waals surface area contributed by atoms with E-state index in [1.807, 2.05) is 23.5 Å². The van der Waals surface area contributed by atoms with Crippen molar-refractivity contribution >= 4 is 75.1 Å². The summed E-state index contributed by atoms with van der Waals surface area (Å²) in [7, 11) is 0. The molecule has 0 aliphatic carbocycles. The molecule has 12 rings (SSSR count). The fourth-order valence-electron chi connectivity index (χ4n) is 8.48. The molecule has 0 unspecified atom stereocenters. The van der Waals surface area contributed by atoms with Crippen molar-refractivity contribution in [1.29, 1.82) is 0 Å². The van der Waals surface area contributed by atoms with Crippen LogP contribution < -0.4 is 0 Å². The van der Waals surface area contributed by atoms with Crippen LogP contribution in [0, 0.1) is 0 Å². The molecular formula is C53H31N3OS. The normalized spacial score (nSPS) is 11.8. The van der Waals surface area contributed by atoms with Crippen LogP contribution >= 0.6 is 11.3 Å². The van der Waals surface area contributed by atoms with Gasteiger partial charge in [0.05, 0.1) is 22.6 Å². The van der Waals surface area contributed by atoms with Gasteiger partial charge in [-0.25, -0.2) is 15.0 Å². The number of fused-ring (bicyclic) bond motifs is 10. The third kappa shape index (κ3) is 5.32. The molecule has 0 atom stereocenters. The molecule has 4 nitrogen and oxygen atoms in total. The van der Waals surface area contributed by atoms with Crippen molar-refractivity contribution in [3.8, 4) is 56.3 Å². The van der Waals surface area contributed by atoms with Crippen LogP contribution in [0.3, 0.4) is 0 Å². The highest BCUT2D eigenvalue weighted by atomic mass is 32.1. The first-order chi connectivity index (χ1) is 28.7. The van der Waals surface area contributed by atoms with Gasteiger partial charge in [0, 0.05) is 69.4 Å². The topological polar surface area (TPSA) is 51.8 Å². The third-order valence-corrected chi connectivity index (χ3v) is 12.4. The Morgan fingerprint density at radius 2 is 0.948 bits per heavy atom. The number of hydrogen-bond acceptors (Lipinski definition) is 5. The highest BCUT2D eigenvalue weighted by Crippen LogP contribution is 2.43. The van der Waals surface area contributed by atoms with Crippen molar-refractivity contribution in [2.45, 2.75) is 0 Å². The molecule has 0 saturated carbocycles. The molecule has 270 valence electrons. The van der Waals surface area contributed by atoms with Gasteiger partial charge >= 0.3 is 0 Å². The quantitative estimate of drug-likeness (QED) is 0.164. The summed E-state index contributed by atoms with van der Waals surface area (Å²) in [6.45, 7) is 0. The monoisotopic (exact) mass is 757 g/mol. The van der Waals surface area contributed by atoms with Gasteiger partial charge in [-0.05, 0) is 59.7 Å². The summed E-state index contributed by atoms with van der Waals surface area (Å²) in [6, 6.07) is 66.0. The van der Waals surface area contributed by atoms with Crippen molar-refractivity contribution < 1.29 is 4.42 Å². The van der Waals surface area contributed by atoms with E-state index < -0.39 is 0 Å². The predicted molar refractivity (Wildman–Crippen MR) is 242 cm³/mol. The van der Waals surface area contributed by atoms with Gasteiger partial charge in [-0.3, -0.25) is 0 Å². The molecule has 12 aromatic rings. The van der Waals surface area contributed by atoms with Crippen LogP contribution in [0.15, 0.2) is 192 Å². The molecule has 0 radical (unpaired) electrons. The van der Waals surface area contributed by atoms with Crippen molar-refractivity contribution in [2.75, 3.05) is 0 Å². The van der Waals surface area contributed by atoms with Gasteiger partial charge in [0.15, 0.2) is 5.82 Å². The highest BCUT2D eigenvalue weighted by Gasteiger charge is 2.18. The molecule has 4 heterocycles. The number of nitrogens with zero attached hydrogens (tertiary/aromatic N) is 3. The molecule has 0 N–H and O–H groups in total. The average molecular weight is 758 g/mol. The summed E-state index contributed by atoms with van der Waals surface area (Å²) >= 11 is 1.81. The zero-order valence-corrected chi connectivity index (χ0v) is 31.9. The molecule has 0 bridgehead atoms. The van der Waals surface area contributed by atoms with Gasteiger partial charge in [-0.2, -0.15) is 0 Å². The van der Waals surface area contributed by atoms with Crippen LogP contribution in [0.25, 0.3) is 120 Å². The summed E-state index contributed by atoms with van der Waals surface area (Å²) in [5.74, 6) is 0.711. The Morgan fingerprint density at radius 1 is 0.345 bits per heavy atom.